The van der Waals surface area contributed by atoms with E-state index in [4.69, 9.17) is 4.99 Å². The number of hydrogen-bond acceptors (Lipinski definition) is 7. The number of carbonyl (C=O) groups is 1. The molecule has 1 amide bonds. The van der Waals surface area contributed by atoms with E-state index in [-0.39, 0.29) is 10.8 Å². The number of thioether (sulfide) groups is 2. The molecule has 1 fully saturated rings. The summed E-state index contributed by atoms with van der Waals surface area (Å²) in [5, 5.41) is 1.40. The van der Waals surface area contributed by atoms with Crippen molar-refractivity contribution in [2.75, 3.05) is 16.7 Å². The van der Waals surface area contributed by atoms with Gasteiger partial charge in [-0.1, -0.05) is 78.5 Å². The maximum absolute atomic E-state index is 13.8. The lowest BCUT2D eigenvalue weighted by molar-refractivity contribution is -0.122. The minimum atomic E-state index is -3.75. The van der Waals surface area contributed by atoms with Crippen molar-refractivity contribution in [2.24, 2.45) is 4.99 Å². The Labute approximate surface area is 241 Å². The third kappa shape index (κ3) is 5.25. The molecule has 7 nitrogen and oxygen atoms in total. The molecule has 0 spiro atoms. The molecule has 4 aromatic carbocycles. The molecule has 2 aliphatic rings. The van der Waals surface area contributed by atoms with Gasteiger partial charge in [0.05, 0.1) is 33.5 Å². The number of rotatable bonds is 6. The van der Waals surface area contributed by atoms with Gasteiger partial charge in [-0.2, -0.15) is 0 Å². The molecule has 4 aromatic rings. The van der Waals surface area contributed by atoms with Gasteiger partial charge in [0.1, 0.15) is 4.91 Å². The van der Waals surface area contributed by atoms with Crippen LogP contribution in [0.25, 0.3) is 0 Å². The normalized spacial score (nSPS) is 17.9. The molecule has 1 saturated heterocycles. The summed E-state index contributed by atoms with van der Waals surface area (Å²) in [6.07, 6.45) is 0. The first-order valence-corrected chi connectivity index (χ1v) is 15.6. The molecular weight excluding hydrogens is 561 g/mol. The Morgan fingerprint density at radius 2 is 1.52 bits per heavy atom. The number of para-hydroxylation sites is 1. The quantitative estimate of drug-likeness (QED) is 0.255. The molecule has 0 radical (unpaired) electrons. The zero-order chi connectivity index (χ0) is 27.7. The summed E-state index contributed by atoms with van der Waals surface area (Å²) < 4.78 is 28.3. The molecule has 0 aromatic heterocycles. The van der Waals surface area contributed by atoms with Gasteiger partial charge in [0.15, 0.2) is 5.17 Å². The summed E-state index contributed by atoms with van der Waals surface area (Å²) in [6.45, 7) is 0.365. The molecular formula is C30H24N4O3S3. The third-order valence-electron chi connectivity index (χ3n) is 6.36. The molecule has 2 aliphatic heterocycles. The van der Waals surface area contributed by atoms with E-state index in [0.29, 0.717) is 28.0 Å². The predicted molar refractivity (Wildman–Crippen MR) is 163 cm³/mol. The Kier molecular flexibility index (Phi) is 7.14. The van der Waals surface area contributed by atoms with Crippen molar-refractivity contribution in [3.63, 3.8) is 0 Å². The van der Waals surface area contributed by atoms with E-state index in [1.54, 1.807) is 71.3 Å². The zero-order valence-electron chi connectivity index (χ0n) is 21.4. The number of nitrogens with one attached hydrogen (secondary N) is 1. The Morgan fingerprint density at radius 1 is 0.825 bits per heavy atom. The minimum absolute atomic E-state index is 0.115. The Morgan fingerprint density at radius 3 is 2.27 bits per heavy atom. The van der Waals surface area contributed by atoms with Gasteiger partial charge >= 0.3 is 0 Å². The van der Waals surface area contributed by atoms with Crippen molar-refractivity contribution in [1.29, 1.82) is 0 Å². The molecule has 0 bridgehead atoms. The highest BCUT2D eigenvalue weighted by molar-refractivity contribution is 8.19. The van der Waals surface area contributed by atoms with Crippen LogP contribution in [0.5, 0.6) is 0 Å². The number of hydrogen-bond donors (Lipinski definition) is 1. The van der Waals surface area contributed by atoms with Crippen molar-refractivity contribution < 1.29 is 13.2 Å². The topological polar surface area (TPSA) is 82.1 Å². The highest BCUT2D eigenvalue weighted by atomic mass is 32.2. The smallest absolute Gasteiger partial charge is 0.269 e. The summed E-state index contributed by atoms with van der Waals surface area (Å²) in [4.78, 5) is 24.3. The number of benzene rings is 4. The molecule has 40 heavy (non-hydrogen) atoms. The summed E-state index contributed by atoms with van der Waals surface area (Å²) in [5.41, 5.74) is 2.95. The maximum atomic E-state index is 13.8. The van der Waals surface area contributed by atoms with E-state index >= 15 is 0 Å². The number of aliphatic imine (C=N–C) groups is 1. The summed E-state index contributed by atoms with van der Waals surface area (Å²) in [6, 6.07) is 32.9. The van der Waals surface area contributed by atoms with E-state index in [1.807, 2.05) is 66.5 Å². The fourth-order valence-corrected chi connectivity index (χ4v) is 7.80. The van der Waals surface area contributed by atoms with Crippen molar-refractivity contribution >= 4 is 61.7 Å². The van der Waals surface area contributed by atoms with Crippen LogP contribution in [0.1, 0.15) is 5.56 Å². The van der Waals surface area contributed by atoms with E-state index in [1.165, 1.54) is 11.8 Å². The van der Waals surface area contributed by atoms with Crippen molar-refractivity contribution in [3.8, 4) is 0 Å². The molecule has 2 heterocycles. The monoisotopic (exact) mass is 584 g/mol. The van der Waals surface area contributed by atoms with Crippen LogP contribution in [-0.2, 0) is 21.4 Å². The molecule has 0 atom stereocenters. The second kappa shape index (κ2) is 10.9. The maximum Gasteiger partial charge on any atom is 0.269 e. The van der Waals surface area contributed by atoms with Crippen LogP contribution in [-0.4, -0.2) is 31.4 Å². The van der Waals surface area contributed by atoms with Crippen LogP contribution < -0.4 is 9.62 Å². The van der Waals surface area contributed by atoms with E-state index in [9.17, 15) is 13.2 Å². The Bertz CT molecular complexity index is 1760. The average Bonchev–Trinajstić information content (AvgIpc) is 3.45. The first-order chi connectivity index (χ1) is 19.4. The van der Waals surface area contributed by atoms with Gasteiger partial charge in [0.25, 0.3) is 15.9 Å². The summed E-state index contributed by atoms with van der Waals surface area (Å²) in [5.74, 6) is -0.115. The number of carbonyl (C=O) groups excluding carboxylic acids is 1. The number of nitrogens with zero attached hydrogens (tertiary/aromatic N) is 3. The number of fused-ring (bicyclic) bond motifs is 1. The van der Waals surface area contributed by atoms with Crippen LogP contribution in [0.3, 0.4) is 0 Å². The third-order valence-corrected chi connectivity index (χ3v) is 10.2. The number of amidine groups is 1. The molecule has 1 N–H and O–H groups in total. The SMILES string of the molecule is CN1/C(=C2/SC(=Nc3cccc(NS(=O)(=O)c4ccccc4)c3)N(Cc3ccccc3)C2=O)Sc2ccccc21. The lowest BCUT2D eigenvalue weighted by atomic mass is 10.2. The van der Waals surface area contributed by atoms with E-state index in [0.717, 1.165) is 21.2 Å². The first-order valence-electron chi connectivity index (χ1n) is 12.4. The van der Waals surface area contributed by atoms with Gasteiger partial charge in [-0.25, -0.2) is 13.4 Å². The molecule has 6 rings (SSSR count). The molecule has 0 aliphatic carbocycles. The van der Waals surface area contributed by atoms with Gasteiger partial charge in [0, 0.05) is 11.9 Å². The van der Waals surface area contributed by atoms with Gasteiger partial charge in [-0.15, -0.1) is 0 Å². The van der Waals surface area contributed by atoms with Gasteiger partial charge in [-0.3, -0.25) is 14.4 Å². The highest BCUT2D eigenvalue weighted by Crippen LogP contribution is 2.50. The number of amides is 1. The van der Waals surface area contributed by atoms with Gasteiger partial charge in [0.2, 0.25) is 0 Å². The molecule has 200 valence electrons. The minimum Gasteiger partial charge on any atom is -0.337 e. The molecule has 0 saturated carbocycles. The standard InChI is InChI=1S/C30H24N4O3S3/c1-33-25-17-8-9-18-26(25)38-29(33)27-28(35)34(20-21-11-4-2-5-12-21)30(39-27)31-22-13-10-14-23(19-22)32-40(36,37)24-15-6-3-7-16-24/h2-19,32H,20H2,1H3/b29-27-,31-30?. The zero-order valence-corrected chi connectivity index (χ0v) is 23.8. The van der Waals surface area contributed by atoms with Crippen LogP contribution >= 0.6 is 23.5 Å². The lowest BCUT2D eigenvalue weighted by Crippen LogP contribution is -2.29. The number of sulfonamides is 1. The molecule has 0 unspecified atom stereocenters. The van der Waals surface area contributed by atoms with Crippen LogP contribution in [0.15, 0.2) is 134 Å². The molecule has 10 heteroatoms. The Hall–Kier alpha value is -3.99. The predicted octanol–water partition coefficient (Wildman–Crippen LogP) is 6.66. The average molecular weight is 585 g/mol. The van der Waals surface area contributed by atoms with Crippen molar-refractivity contribution in [3.05, 3.63) is 125 Å². The van der Waals surface area contributed by atoms with Gasteiger partial charge in [-0.05, 0) is 59.8 Å². The fraction of sp³-hybridized carbons (Fsp3) is 0.0667. The number of anilines is 2. The lowest BCUT2D eigenvalue weighted by Gasteiger charge is -2.17. The fourth-order valence-electron chi connectivity index (χ4n) is 4.39. The van der Waals surface area contributed by atoms with E-state index < -0.39 is 10.0 Å². The van der Waals surface area contributed by atoms with Crippen LogP contribution in [0, 0.1) is 0 Å². The van der Waals surface area contributed by atoms with Gasteiger partial charge < -0.3 is 4.90 Å². The van der Waals surface area contributed by atoms with Crippen molar-refractivity contribution in [1.82, 2.24) is 4.90 Å². The van der Waals surface area contributed by atoms with Crippen LogP contribution in [0.4, 0.5) is 17.1 Å². The van der Waals surface area contributed by atoms with Crippen LogP contribution in [0.2, 0.25) is 0 Å². The second-order valence-electron chi connectivity index (χ2n) is 9.11. The summed E-state index contributed by atoms with van der Waals surface area (Å²) in [7, 11) is -1.79. The van der Waals surface area contributed by atoms with Crippen molar-refractivity contribution in [2.45, 2.75) is 16.3 Å². The first kappa shape index (κ1) is 26.2. The summed E-state index contributed by atoms with van der Waals surface area (Å²) >= 11 is 2.91. The second-order valence-corrected chi connectivity index (χ2v) is 12.8. The largest absolute Gasteiger partial charge is 0.337 e. The van der Waals surface area contributed by atoms with E-state index in [2.05, 4.69) is 4.72 Å². The highest BCUT2D eigenvalue weighted by Gasteiger charge is 2.39. The Balaban J connectivity index is 1.35.